The highest BCUT2D eigenvalue weighted by Crippen LogP contribution is 2.62. The molecule has 4 rings (SSSR count). The molecule has 3 heteroatoms. The van der Waals surface area contributed by atoms with Crippen molar-refractivity contribution in [2.75, 3.05) is 7.11 Å². The van der Waals surface area contributed by atoms with E-state index in [0.717, 1.165) is 49.8 Å². The van der Waals surface area contributed by atoms with E-state index in [0.29, 0.717) is 5.92 Å². The molecule has 2 saturated carbocycles. The maximum atomic E-state index is 11.5. The van der Waals surface area contributed by atoms with Crippen LogP contribution in [0.3, 0.4) is 0 Å². The summed E-state index contributed by atoms with van der Waals surface area (Å²) in [4.78, 5) is 0. The van der Waals surface area contributed by atoms with E-state index >= 15 is 0 Å². The molecule has 1 aromatic carbocycles. The van der Waals surface area contributed by atoms with E-state index in [1.54, 1.807) is 7.11 Å². The fourth-order valence-corrected chi connectivity index (χ4v) is 5.65. The van der Waals surface area contributed by atoms with Crippen molar-refractivity contribution in [2.45, 2.75) is 57.2 Å². The van der Waals surface area contributed by atoms with E-state index in [9.17, 15) is 10.2 Å². The first kappa shape index (κ1) is 14.5. The normalized spacial score (nSPS) is 43.2. The van der Waals surface area contributed by atoms with Crippen molar-refractivity contribution in [1.29, 1.82) is 0 Å². The van der Waals surface area contributed by atoms with E-state index in [-0.39, 0.29) is 17.4 Å². The number of hydrogen-bond donors (Lipinski definition) is 2. The lowest BCUT2D eigenvalue weighted by molar-refractivity contribution is -0.142. The fraction of sp³-hybridized carbons (Fsp3) is 0.684. The summed E-state index contributed by atoms with van der Waals surface area (Å²) in [7, 11) is 1.69. The average molecular weight is 302 g/mol. The van der Waals surface area contributed by atoms with Gasteiger partial charge in [-0.1, -0.05) is 13.0 Å². The molecule has 0 amide bonds. The molecule has 0 bridgehead atoms. The molecule has 3 nitrogen and oxygen atoms in total. The Morgan fingerprint density at radius 3 is 2.73 bits per heavy atom. The largest absolute Gasteiger partial charge is 0.497 e. The van der Waals surface area contributed by atoms with Crippen molar-refractivity contribution < 1.29 is 14.9 Å². The standard InChI is InChI=1S/C19H26O3/c1-18-9-10-19(21)14-6-4-13(22-2)11-12(14)3-5-16(19)15(18)7-8-17(18)20/h4,6,11,15-17,20-21H,3,5,7-10H2,1-2H3/t15-,16+,17-,18-,19-/m0/s1. The number of aliphatic hydroxyl groups excluding tert-OH is 1. The zero-order chi connectivity index (χ0) is 15.5. The molecule has 0 heterocycles. The molecule has 5 atom stereocenters. The Morgan fingerprint density at radius 1 is 1.14 bits per heavy atom. The number of fused-ring (bicyclic) bond motifs is 5. The Bertz CT molecular complexity index is 598. The smallest absolute Gasteiger partial charge is 0.119 e. The number of ether oxygens (including phenoxy) is 1. The van der Waals surface area contributed by atoms with Gasteiger partial charge in [-0.2, -0.15) is 0 Å². The molecular weight excluding hydrogens is 276 g/mol. The van der Waals surface area contributed by atoms with Crippen LogP contribution in [0.25, 0.3) is 0 Å². The third kappa shape index (κ3) is 1.75. The van der Waals surface area contributed by atoms with Crippen LogP contribution >= 0.6 is 0 Å². The zero-order valence-corrected chi connectivity index (χ0v) is 13.5. The molecule has 3 aliphatic rings. The molecule has 1 aromatic rings. The third-order valence-corrected chi connectivity index (χ3v) is 7.01. The van der Waals surface area contributed by atoms with Crippen molar-refractivity contribution >= 4 is 0 Å². The summed E-state index contributed by atoms with van der Waals surface area (Å²) >= 11 is 0. The zero-order valence-electron chi connectivity index (χ0n) is 13.5. The number of benzene rings is 1. The SMILES string of the molecule is COc1ccc2c(c1)CC[C@@H]1[C@@H]3CC[C@H](O)[C@@]3(C)CC[C@]21O. The quantitative estimate of drug-likeness (QED) is 0.838. The lowest BCUT2D eigenvalue weighted by Gasteiger charge is -2.54. The van der Waals surface area contributed by atoms with E-state index in [1.807, 2.05) is 6.07 Å². The number of hydrogen-bond acceptors (Lipinski definition) is 3. The van der Waals surface area contributed by atoms with Crippen LogP contribution < -0.4 is 4.74 Å². The summed E-state index contributed by atoms with van der Waals surface area (Å²) in [5, 5.41) is 22.0. The highest BCUT2D eigenvalue weighted by molar-refractivity contribution is 5.42. The Hall–Kier alpha value is -1.06. The predicted octanol–water partition coefficient (Wildman–Crippen LogP) is 3.02. The molecule has 0 aliphatic heterocycles. The molecule has 3 aliphatic carbocycles. The van der Waals surface area contributed by atoms with Crippen LogP contribution in [0.2, 0.25) is 0 Å². The van der Waals surface area contributed by atoms with E-state index in [4.69, 9.17) is 4.74 Å². The monoisotopic (exact) mass is 302 g/mol. The Morgan fingerprint density at radius 2 is 1.95 bits per heavy atom. The van der Waals surface area contributed by atoms with Crippen LogP contribution in [0.4, 0.5) is 0 Å². The first-order chi connectivity index (χ1) is 10.5. The predicted molar refractivity (Wildman–Crippen MR) is 84.8 cm³/mol. The van der Waals surface area contributed by atoms with Crippen LogP contribution in [0.5, 0.6) is 5.75 Å². The van der Waals surface area contributed by atoms with Crippen molar-refractivity contribution in [3.63, 3.8) is 0 Å². The summed E-state index contributed by atoms with van der Waals surface area (Å²) in [6.45, 7) is 2.23. The number of rotatable bonds is 1. The van der Waals surface area contributed by atoms with E-state index in [1.165, 1.54) is 5.56 Å². The minimum Gasteiger partial charge on any atom is -0.497 e. The molecular formula is C19H26O3. The van der Waals surface area contributed by atoms with Gasteiger partial charge < -0.3 is 14.9 Å². The second kappa shape index (κ2) is 4.72. The Labute approximate surface area is 132 Å². The first-order valence-corrected chi connectivity index (χ1v) is 8.57. The van der Waals surface area contributed by atoms with Crippen molar-refractivity contribution in [3.8, 4) is 5.75 Å². The van der Waals surface area contributed by atoms with Crippen molar-refractivity contribution in [3.05, 3.63) is 29.3 Å². The second-order valence-corrected chi connectivity index (χ2v) is 7.80. The molecule has 2 N–H and O–H groups in total. The van der Waals surface area contributed by atoms with Gasteiger partial charge in [0.15, 0.2) is 0 Å². The lowest BCUT2D eigenvalue weighted by atomic mass is 9.53. The Kier molecular flexibility index (Phi) is 3.11. The van der Waals surface area contributed by atoms with Gasteiger partial charge in [-0.3, -0.25) is 0 Å². The first-order valence-electron chi connectivity index (χ1n) is 8.57. The second-order valence-electron chi connectivity index (χ2n) is 7.80. The summed E-state index contributed by atoms with van der Waals surface area (Å²) in [6, 6.07) is 6.12. The van der Waals surface area contributed by atoms with Gasteiger partial charge in [0, 0.05) is 0 Å². The summed E-state index contributed by atoms with van der Waals surface area (Å²) in [5.41, 5.74) is 1.63. The van der Waals surface area contributed by atoms with Gasteiger partial charge >= 0.3 is 0 Å². The molecule has 0 saturated heterocycles. The number of methoxy groups -OCH3 is 1. The third-order valence-electron chi connectivity index (χ3n) is 7.01. The summed E-state index contributed by atoms with van der Waals surface area (Å²) < 4.78 is 5.33. The van der Waals surface area contributed by atoms with Gasteiger partial charge in [0.1, 0.15) is 5.75 Å². The van der Waals surface area contributed by atoms with E-state index in [2.05, 4.69) is 19.1 Å². The van der Waals surface area contributed by atoms with Gasteiger partial charge in [-0.25, -0.2) is 0 Å². The minimum atomic E-state index is -0.714. The molecule has 0 spiro atoms. The van der Waals surface area contributed by atoms with Gasteiger partial charge in [-0.05, 0) is 79.0 Å². The van der Waals surface area contributed by atoms with Crippen molar-refractivity contribution in [2.24, 2.45) is 17.3 Å². The summed E-state index contributed by atoms with van der Waals surface area (Å²) in [6.07, 6.45) is 5.45. The maximum Gasteiger partial charge on any atom is 0.119 e. The van der Waals surface area contributed by atoms with Gasteiger partial charge in [0.2, 0.25) is 0 Å². The molecule has 0 aromatic heterocycles. The topological polar surface area (TPSA) is 49.7 Å². The lowest BCUT2D eigenvalue weighted by Crippen LogP contribution is -2.53. The summed E-state index contributed by atoms with van der Waals surface area (Å²) in [5.74, 6) is 1.60. The van der Waals surface area contributed by atoms with Crippen LogP contribution in [0, 0.1) is 17.3 Å². The van der Waals surface area contributed by atoms with Gasteiger partial charge in [0.25, 0.3) is 0 Å². The molecule has 120 valence electrons. The number of aliphatic hydroxyl groups is 2. The van der Waals surface area contributed by atoms with Crippen LogP contribution in [0.15, 0.2) is 18.2 Å². The number of aryl methyl sites for hydroxylation is 1. The highest BCUT2D eigenvalue weighted by atomic mass is 16.5. The Balaban J connectivity index is 1.76. The maximum absolute atomic E-state index is 11.5. The van der Waals surface area contributed by atoms with E-state index < -0.39 is 5.60 Å². The van der Waals surface area contributed by atoms with Gasteiger partial charge in [0.05, 0.1) is 18.8 Å². The molecule has 0 unspecified atom stereocenters. The van der Waals surface area contributed by atoms with Gasteiger partial charge in [-0.15, -0.1) is 0 Å². The minimum absolute atomic E-state index is 0.000863. The average Bonchev–Trinajstić information content (AvgIpc) is 2.82. The van der Waals surface area contributed by atoms with Crippen molar-refractivity contribution in [1.82, 2.24) is 0 Å². The van der Waals surface area contributed by atoms with Crippen LogP contribution in [-0.4, -0.2) is 23.4 Å². The molecule has 22 heavy (non-hydrogen) atoms. The highest BCUT2D eigenvalue weighted by Gasteiger charge is 2.59. The van der Waals surface area contributed by atoms with Crippen LogP contribution in [0.1, 0.15) is 50.2 Å². The fourth-order valence-electron chi connectivity index (χ4n) is 5.65. The molecule has 2 fully saturated rings. The van der Waals surface area contributed by atoms with Crippen LogP contribution in [-0.2, 0) is 12.0 Å². The molecule has 0 radical (unpaired) electrons.